The zero-order valence-corrected chi connectivity index (χ0v) is 10.3. The topological polar surface area (TPSA) is 24.1 Å². The minimum absolute atomic E-state index is 0.156. The van der Waals surface area contributed by atoms with E-state index in [1.54, 1.807) is 12.1 Å². The van der Waals surface area contributed by atoms with Crippen LogP contribution in [0, 0.1) is 5.82 Å². The molecule has 0 fully saturated rings. The summed E-state index contributed by atoms with van der Waals surface area (Å²) in [4.78, 5) is 0. The SMILES string of the molecule is CCCCNCCNc1ccc(F)c(Cl)c1. The monoisotopic (exact) mass is 244 g/mol. The average molecular weight is 245 g/mol. The van der Waals surface area contributed by atoms with Gasteiger partial charge in [-0.1, -0.05) is 24.9 Å². The maximum Gasteiger partial charge on any atom is 0.141 e. The molecule has 4 heteroatoms. The van der Waals surface area contributed by atoms with Gasteiger partial charge in [-0.3, -0.25) is 0 Å². The van der Waals surface area contributed by atoms with Crippen LogP contribution in [0.25, 0.3) is 0 Å². The van der Waals surface area contributed by atoms with E-state index < -0.39 is 0 Å². The molecule has 0 amide bonds. The van der Waals surface area contributed by atoms with Crippen LogP contribution in [-0.4, -0.2) is 19.6 Å². The summed E-state index contributed by atoms with van der Waals surface area (Å²) in [5.74, 6) is -0.381. The molecule has 0 saturated carbocycles. The molecular formula is C12H18ClFN2. The molecule has 0 aliphatic carbocycles. The van der Waals surface area contributed by atoms with Gasteiger partial charge in [-0.05, 0) is 31.2 Å². The molecule has 2 N–H and O–H groups in total. The molecule has 0 aliphatic heterocycles. The molecule has 0 radical (unpaired) electrons. The van der Waals surface area contributed by atoms with Crippen molar-refractivity contribution in [1.82, 2.24) is 5.32 Å². The van der Waals surface area contributed by atoms with Gasteiger partial charge in [0.2, 0.25) is 0 Å². The van der Waals surface area contributed by atoms with Crippen molar-refractivity contribution in [3.05, 3.63) is 29.0 Å². The molecule has 90 valence electrons. The highest BCUT2D eigenvalue weighted by Gasteiger charge is 1.99. The summed E-state index contributed by atoms with van der Waals surface area (Å²) < 4.78 is 12.9. The first kappa shape index (κ1) is 13.3. The van der Waals surface area contributed by atoms with Gasteiger partial charge in [0, 0.05) is 18.8 Å². The van der Waals surface area contributed by atoms with Crippen LogP contribution >= 0.6 is 11.6 Å². The second kappa shape index (κ2) is 7.47. The Hall–Kier alpha value is -0.800. The van der Waals surface area contributed by atoms with E-state index in [1.165, 1.54) is 18.9 Å². The fourth-order valence-corrected chi connectivity index (χ4v) is 1.51. The summed E-state index contributed by atoms with van der Waals surface area (Å²) >= 11 is 5.66. The highest BCUT2D eigenvalue weighted by Crippen LogP contribution is 2.18. The van der Waals surface area contributed by atoms with E-state index >= 15 is 0 Å². The zero-order chi connectivity index (χ0) is 11.8. The second-order valence-electron chi connectivity index (χ2n) is 3.66. The van der Waals surface area contributed by atoms with Gasteiger partial charge in [-0.25, -0.2) is 4.39 Å². The van der Waals surface area contributed by atoms with Crippen LogP contribution in [-0.2, 0) is 0 Å². The van der Waals surface area contributed by atoms with Crippen molar-refractivity contribution in [2.75, 3.05) is 25.0 Å². The van der Waals surface area contributed by atoms with E-state index in [4.69, 9.17) is 11.6 Å². The van der Waals surface area contributed by atoms with Gasteiger partial charge in [-0.15, -0.1) is 0 Å². The van der Waals surface area contributed by atoms with Crippen LogP contribution < -0.4 is 10.6 Å². The quantitative estimate of drug-likeness (QED) is 0.720. The maximum atomic E-state index is 12.9. The van der Waals surface area contributed by atoms with Crippen LogP contribution in [0.4, 0.5) is 10.1 Å². The standard InChI is InChI=1S/C12H18ClFN2/c1-2-3-6-15-7-8-16-10-4-5-12(14)11(13)9-10/h4-5,9,15-16H,2-3,6-8H2,1H3. The lowest BCUT2D eigenvalue weighted by Gasteiger charge is -2.08. The Morgan fingerprint density at radius 1 is 1.25 bits per heavy atom. The zero-order valence-electron chi connectivity index (χ0n) is 9.52. The third-order valence-corrected chi connectivity index (χ3v) is 2.55. The fourth-order valence-electron chi connectivity index (χ4n) is 1.33. The number of nitrogens with one attached hydrogen (secondary N) is 2. The molecular weight excluding hydrogens is 227 g/mol. The smallest absolute Gasteiger partial charge is 0.141 e. The Labute approximate surface area is 101 Å². The minimum Gasteiger partial charge on any atom is -0.384 e. The summed E-state index contributed by atoms with van der Waals surface area (Å²) in [6, 6.07) is 4.66. The predicted molar refractivity (Wildman–Crippen MR) is 67.7 cm³/mol. The molecule has 0 aromatic heterocycles. The number of anilines is 1. The molecule has 0 unspecified atom stereocenters. The molecule has 1 aromatic rings. The van der Waals surface area contributed by atoms with Crippen molar-refractivity contribution in [3.8, 4) is 0 Å². The van der Waals surface area contributed by atoms with Crippen molar-refractivity contribution >= 4 is 17.3 Å². The number of halogens is 2. The summed E-state index contributed by atoms with van der Waals surface area (Å²) in [6.07, 6.45) is 2.40. The van der Waals surface area contributed by atoms with Gasteiger partial charge in [0.25, 0.3) is 0 Å². The third kappa shape index (κ3) is 4.81. The molecule has 0 atom stereocenters. The summed E-state index contributed by atoms with van der Waals surface area (Å²) in [6.45, 7) is 4.92. The Morgan fingerprint density at radius 3 is 2.75 bits per heavy atom. The van der Waals surface area contributed by atoms with Crippen LogP contribution in [0.15, 0.2) is 18.2 Å². The second-order valence-corrected chi connectivity index (χ2v) is 4.07. The Morgan fingerprint density at radius 2 is 2.06 bits per heavy atom. The molecule has 1 aromatic carbocycles. The van der Waals surface area contributed by atoms with Crippen LogP contribution in [0.1, 0.15) is 19.8 Å². The van der Waals surface area contributed by atoms with E-state index in [1.807, 2.05) is 0 Å². The molecule has 2 nitrogen and oxygen atoms in total. The Kier molecular flexibility index (Phi) is 6.19. The summed E-state index contributed by atoms with van der Waals surface area (Å²) in [7, 11) is 0. The van der Waals surface area contributed by atoms with Crippen molar-refractivity contribution in [2.24, 2.45) is 0 Å². The van der Waals surface area contributed by atoms with Gasteiger partial charge in [-0.2, -0.15) is 0 Å². The molecule has 0 saturated heterocycles. The van der Waals surface area contributed by atoms with E-state index in [9.17, 15) is 4.39 Å². The van der Waals surface area contributed by atoms with Gasteiger partial charge < -0.3 is 10.6 Å². The fraction of sp³-hybridized carbons (Fsp3) is 0.500. The van der Waals surface area contributed by atoms with Crippen LogP contribution in [0.5, 0.6) is 0 Å². The average Bonchev–Trinajstić information content (AvgIpc) is 2.28. The summed E-state index contributed by atoms with van der Waals surface area (Å²) in [5, 5.41) is 6.65. The van der Waals surface area contributed by atoms with Crippen molar-refractivity contribution in [2.45, 2.75) is 19.8 Å². The summed E-state index contributed by atoms with van der Waals surface area (Å²) in [5.41, 5.74) is 0.851. The van der Waals surface area contributed by atoms with Gasteiger partial charge >= 0.3 is 0 Å². The number of hydrogen-bond donors (Lipinski definition) is 2. The number of hydrogen-bond acceptors (Lipinski definition) is 2. The Bertz CT molecular complexity index is 318. The lowest BCUT2D eigenvalue weighted by molar-refractivity contribution is 0.628. The number of unbranched alkanes of at least 4 members (excludes halogenated alkanes) is 1. The van der Waals surface area contributed by atoms with Crippen molar-refractivity contribution in [3.63, 3.8) is 0 Å². The molecule has 16 heavy (non-hydrogen) atoms. The lowest BCUT2D eigenvalue weighted by Crippen LogP contribution is -2.23. The molecule has 0 bridgehead atoms. The van der Waals surface area contributed by atoms with Gasteiger partial charge in [0.15, 0.2) is 0 Å². The molecule has 0 heterocycles. The van der Waals surface area contributed by atoms with Crippen LogP contribution in [0.2, 0.25) is 5.02 Å². The van der Waals surface area contributed by atoms with E-state index in [0.717, 1.165) is 25.3 Å². The molecule has 1 rings (SSSR count). The van der Waals surface area contributed by atoms with E-state index in [-0.39, 0.29) is 10.8 Å². The van der Waals surface area contributed by atoms with E-state index in [0.29, 0.717) is 0 Å². The highest BCUT2D eigenvalue weighted by atomic mass is 35.5. The predicted octanol–water partition coefficient (Wildman–Crippen LogP) is 3.28. The molecule has 0 aliphatic rings. The van der Waals surface area contributed by atoms with Gasteiger partial charge in [0.1, 0.15) is 5.82 Å². The van der Waals surface area contributed by atoms with Crippen LogP contribution in [0.3, 0.4) is 0 Å². The lowest BCUT2D eigenvalue weighted by atomic mass is 10.3. The largest absolute Gasteiger partial charge is 0.384 e. The highest BCUT2D eigenvalue weighted by molar-refractivity contribution is 6.31. The van der Waals surface area contributed by atoms with E-state index in [2.05, 4.69) is 17.6 Å². The van der Waals surface area contributed by atoms with Gasteiger partial charge in [0.05, 0.1) is 5.02 Å². The maximum absolute atomic E-state index is 12.9. The molecule has 0 spiro atoms. The normalized spacial score (nSPS) is 10.4. The number of rotatable bonds is 7. The van der Waals surface area contributed by atoms with Crippen molar-refractivity contribution < 1.29 is 4.39 Å². The first-order chi connectivity index (χ1) is 7.74. The third-order valence-electron chi connectivity index (χ3n) is 2.26. The Balaban J connectivity index is 2.19. The first-order valence-corrected chi connectivity index (χ1v) is 6.01. The minimum atomic E-state index is -0.381. The number of benzene rings is 1. The first-order valence-electron chi connectivity index (χ1n) is 5.63. The van der Waals surface area contributed by atoms with Crippen molar-refractivity contribution in [1.29, 1.82) is 0 Å².